The predicted molar refractivity (Wildman–Crippen MR) is 184 cm³/mol. The lowest BCUT2D eigenvalue weighted by Crippen LogP contribution is -2.51. The van der Waals surface area contributed by atoms with Crippen LogP contribution in [-0.2, 0) is 16.0 Å². The second-order valence-electron chi connectivity index (χ2n) is 13.4. The van der Waals surface area contributed by atoms with E-state index in [1.807, 2.05) is 18.2 Å². The van der Waals surface area contributed by atoms with Gasteiger partial charge in [-0.15, -0.1) is 11.3 Å². The number of aromatic nitrogens is 1. The van der Waals surface area contributed by atoms with Gasteiger partial charge in [0.25, 0.3) is 17.7 Å². The van der Waals surface area contributed by atoms with Crippen LogP contribution in [0.1, 0.15) is 86.1 Å². The molecule has 0 bridgehead atoms. The molecule has 2 aromatic carbocycles. The van der Waals surface area contributed by atoms with E-state index in [1.54, 1.807) is 45.8 Å². The first kappa shape index (κ1) is 33.9. The molecule has 1 aromatic heterocycles. The number of ether oxygens (including phenoxy) is 1. The maximum absolute atomic E-state index is 14.7. The number of thiazole rings is 1. The summed E-state index contributed by atoms with van der Waals surface area (Å²) in [5, 5.41) is 12.1. The third-order valence-electron chi connectivity index (χ3n) is 10.4. The molecular weight excluding hydrogens is 659 g/mol. The van der Waals surface area contributed by atoms with Crippen LogP contribution in [0.2, 0.25) is 0 Å². The zero-order valence-corrected chi connectivity index (χ0v) is 28.6. The number of hydrogen-bond donors (Lipinski definition) is 2. The van der Waals surface area contributed by atoms with Crippen molar-refractivity contribution in [3.8, 4) is 5.75 Å². The summed E-state index contributed by atoms with van der Waals surface area (Å²) < 4.78 is 6.65. The van der Waals surface area contributed by atoms with Crippen molar-refractivity contribution in [2.24, 2.45) is 11.8 Å². The highest BCUT2D eigenvalue weighted by atomic mass is 32.1. The van der Waals surface area contributed by atoms with Gasteiger partial charge in [0.15, 0.2) is 0 Å². The molecule has 5 amide bonds. The Balaban J connectivity index is 1.19. The quantitative estimate of drug-likeness (QED) is 0.242. The number of aliphatic hydroxyl groups excluding tert-OH is 1. The maximum Gasteiger partial charge on any atom is 0.265 e. The highest BCUT2D eigenvalue weighted by Crippen LogP contribution is 2.42. The van der Waals surface area contributed by atoms with Crippen LogP contribution in [-0.4, -0.2) is 99.8 Å². The smallest absolute Gasteiger partial charge is 0.265 e. The van der Waals surface area contributed by atoms with Crippen molar-refractivity contribution in [3.63, 3.8) is 0 Å². The Morgan fingerprint density at radius 1 is 0.960 bits per heavy atom. The molecular formula is C37H41N5O7S. The minimum Gasteiger partial charge on any atom is -0.488 e. The Labute approximate surface area is 294 Å². The Morgan fingerprint density at radius 3 is 2.44 bits per heavy atom. The Bertz CT molecular complexity index is 1750. The van der Waals surface area contributed by atoms with Gasteiger partial charge in [0.05, 0.1) is 42.0 Å². The number of fused-ring (bicyclic) bond motifs is 2. The molecule has 1 saturated carbocycles. The van der Waals surface area contributed by atoms with E-state index in [-0.39, 0.29) is 37.0 Å². The van der Waals surface area contributed by atoms with Crippen molar-refractivity contribution in [2.75, 3.05) is 39.3 Å². The average Bonchev–Trinajstić information content (AvgIpc) is 3.90. The van der Waals surface area contributed by atoms with Crippen molar-refractivity contribution < 1.29 is 33.8 Å². The summed E-state index contributed by atoms with van der Waals surface area (Å²) in [6, 6.07) is 11.8. The normalized spacial score (nSPS) is 23.1. The fourth-order valence-electron chi connectivity index (χ4n) is 7.91. The number of carbonyl (C=O) groups excluding carboxylic acids is 5. The topological polar surface area (TPSA) is 149 Å². The second kappa shape index (κ2) is 14.7. The molecule has 50 heavy (non-hydrogen) atoms. The van der Waals surface area contributed by atoms with Gasteiger partial charge in [0.1, 0.15) is 16.7 Å². The van der Waals surface area contributed by atoms with Crippen LogP contribution in [0.5, 0.6) is 5.75 Å². The third-order valence-corrected chi connectivity index (χ3v) is 11.2. The van der Waals surface area contributed by atoms with Crippen LogP contribution in [0.25, 0.3) is 0 Å². The minimum absolute atomic E-state index is 0.0360. The van der Waals surface area contributed by atoms with Crippen molar-refractivity contribution in [3.05, 3.63) is 81.3 Å². The minimum atomic E-state index is -0.707. The predicted octanol–water partition coefficient (Wildman–Crippen LogP) is 3.46. The first-order chi connectivity index (χ1) is 24.4. The molecule has 3 aliphatic heterocycles. The molecule has 2 unspecified atom stereocenters. The van der Waals surface area contributed by atoms with Gasteiger partial charge in [-0.05, 0) is 49.4 Å². The molecule has 4 atom stereocenters. The molecule has 2 N–H and O–H groups in total. The van der Waals surface area contributed by atoms with Gasteiger partial charge in [-0.3, -0.25) is 33.9 Å². The maximum atomic E-state index is 14.7. The van der Waals surface area contributed by atoms with Crippen molar-refractivity contribution in [1.82, 2.24) is 25.0 Å². The molecule has 7 rings (SSSR count). The van der Waals surface area contributed by atoms with Gasteiger partial charge in [-0.2, -0.15) is 0 Å². The molecule has 1 saturated heterocycles. The molecule has 262 valence electrons. The lowest BCUT2D eigenvalue weighted by atomic mass is 9.77. The number of imide groups is 1. The van der Waals surface area contributed by atoms with E-state index < -0.39 is 29.7 Å². The number of likely N-dealkylation sites (tertiary alicyclic amines) is 1. The molecule has 3 aromatic rings. The average molecular weight is 700 g/mol. The summed E-state index contributed by atoms with van der Waals surface area (Å²) in [5.41, 5.74) is 4.01. The number of aliphatic hydroxyl groups is 1. The van der Waals surface area contributed by atoms with Gasteiger partial charge in [-0.25, -0.2) is 0 Å². The Morgan fingerprint density at radius 2 is 1.72 bits per heavy atom. The van der Waals surface area contributed by atoms with E-state index in [9.17, 15) is 29.1 Å². The summed E-state index contributed by atoms with van der Waals surface area (Å²) in [6.45, 7) is 1.52. The number of amides is 5. The summed E-state index contributed by atoms with van der Waals surface area (Å²) in [5.74, 6) is -1.77. The fraction of sp³-hybridized carbons (Fsp3) is 0.459. The number of nitrogens with one attached hydrogen (secondary N) is 1. The van der Waals surface area contributed by atoms with Gasteiger partial charge < -0.3 is 25.0 Å². The number of rotatable bonds is 10. The highest BCUT2D eigenvalue weighted by molar-refractivity contribution is 7.11. The summed E-state index contributed by atoms with van der Waals surface area (Å²) >= 11 is 1.30. The first-order valence-electron chi connectivity index (χ1n) is 17.5. The molecule has 4 aliphatic rings. The van der Waals surface area contributed by atoms with Crippen LogP contribution >= 0.6 is 11.3 Å². The van der Waals surface area contributed by atoms with E-state index >= 15 is 0 Å². The monoisotopic (exact) mass is 699 g/mol. The van der Waals surface area contributed by atoms with Crippen LogP contribution < -0.4 is 10.1 Å². The molecule has 1 aliphatic carbocycles. The van der Waals surface area contributed by atoms with Crippen molar-refractivity contribution >= 4 is 40.9 Å². The molecule has 0 radical (unpaired) electrons. The lowest BCUT2D eigenvalue weighted by molar-refractivity contribution is -0.146. The number of benzene rings is 2. The van der Waals surface area contributed by atoms with Crippen molar-refractivity contribution in [2.45, 2.75) is 57.1 Å². The van der Waals surface area contributed by atoms with Crippen LogP contribution in [0.15, 0.2) is 54.2 Å². The Kier molecular flexibility index (Phi) is 9.95. The first-order valence-corrected chi connectivity index (χ1v) is 18.3. The SMILES string of the molecule is O=C(NCCCO)[C@@H]1CCCCC1C(=O)N1CCc2cccc(OC3CCN(C(=O)c4cncs4)C3)c2[C@H]1CN1C(=O)c2ccccc2C1=O. The summed E-state index contributed by atoms with van der Waals surface area (Å²) in [6.07, 6.45) is 5.67. The van der Waals surface area contributed by atoms with Crippen molar-refractivity contribution in [1.29, 1.82) is 0 Å². The van der Waals surface area contributed by atoms with Crippen LogP contribution in [0, 0.1) is 11.8 Å². The van der Waals surface area contributed by atoms with Gasteiger partial charge in [0, 0.05) is 50.1 Å². The second-order valence-corrected chi connectivity index (χ2v) is 14.3. The zero-order chi connectivity index (χ0) is 34.8. The van der Waals surface area contributed by atoms with Gasteiger partial charge >= 0.3 is 0 Å². The molecule has 12 nitrogen and oxygen atoms in total. The van der Waals surface area contributed by atoms with E-state index in [0.717, 1.165) is 24.0 Å². The third kappa shape index (κ3) is 6.51. The molecule has 13 heteroatoms. The number of nitrogens with zero attached hydrogens (tertiary/aromatic N) is 4. The fourth-order valence-corrected chi connectivity index (χ4v) is 8.50. The lowest BCUT2D eigenvalue weighted by Gasteiger charge is -2.43. The summed E-state index contributed by atoms with van der Waals surface area (Å²) in [7, 11) is 0. The number of hydrogen-bond acceptors (Lipinski definition) is 9. The van der Waals surface area contributed by atoms with Crippen LogP contribution in [0.4, 0.5) is 0 Å². The summed E-state index contributed by atoms with van der Waals surface area (Å²) in [4.78, 5) is 77.7. The molecule has 4 heterocycles. The van der Waals surface area contributed by atoms with Crippen LogP contribution in [0.3, 0.4) is 0 Å². The molecule has 2 fully saturated rings. The standard InChI is InChI=1S/C37H41N5O7S/c43-18-6-15-39-33(44)25-8-1-2-9-26(25)34(45)41-17-13-23-7-5-12-30(49-24-14-16-40(20-24)37(48)31-19-38-22-50-31)32(23)29(41)21-42-35(46)27-10-3-4-11-28(27)36(42)47/h3-5,7,10-12,19,22,24-26,29,43H,1-2,6,8-9,13-18,20-21H2,(H,39,44)/t24?,25-,26?,29-/m1/s1. The van der Waals surface area contributed by atoms with E-state index in [1.165, 1.54) is 16.2 Å². The molecule has 0 spiro atoms. The largest absolute Gasteiger partial charge is 0.488 e. The van der Waals surface area contributed by atoms with Gasteiger partial charge in [0.2, 0.25) is 11.8 Å². The highest BCUT2D eigenvalue weighted by Gasteiger charge is 2.45. The Hall–Kier alpha value is -4.62. The van der Waals surface area contributed by atoms with Gasteiger partial charge in [-0.1, -0.05) is 37.1 Å². The number of carbonyl (C=O) groups is 5. The van der Waals surface area contributed by atoms with E-state index in [2.05, 4.69) is 10.3 Å². The van der Waals surface area contributed by atoms with E-state index in [4.69, 9.17) is 4.74 Å². The van der Waals surface area contributed by atoms with E-state index in [0.29, 0.717) is 80.0 Å². The zero-order valence-electron chi connectivity index (χ0n) is 27.8.